The zero-order valence-corrected chi connectivity index (χ0v) is 22.0. The molecule has 2 nitrogen and oxygen atoms in total. The van der Waals surface area contributed by atoms with E-state index in [0.29, 0.717) is 0 Å². The summed E-state index contributed by atoms with van der Waals surface area (Å²) in [4.78, 5) is 0. The van der Waals surface area contributed by atoms with Gasteiger partial charge in [-0.05, 0) is 87.4 Å². The van der Waals surface area contributed by atoms with Crippen LogP contribution in [0.2, 0.25) is 0 Å². The molecule has 1 atom stereocenters. The molecule has 0 radical (unpaired) electrons. The number of nitrogens with one attached hydrogen (secondary N) is 1. The first kappa shape index (κ1) is 21.8. The minimum Gasteiger partial charge on any atom is -0.456 e. The maximum absolute atomic E-state index is 6.28. The van der Waals surface area contributed by atoms with Gasteiger partial charge in [0.1, 0.15) is 11.2 Å². The van der Waals surface area contributed by atoms with E-state index in [1.807, 2.05) is 12.1 Å². The molecule has 0 aliphatic heterocycles. The zero-order chi connectivity index (χ0) is 26.4. The highest BCUT2D eigenvalue weighted by atomic mass is 16.3. The topological polar surface area (TPSA) is 25.2 Å². The average Bonchev–Trinajstić information content (AvgIpc) is 3.68. The molecule has 4 aliphatic rings. The van der Waals surface area contributed by atoms with Crippen LogP contribution in [-0.4, -0.2) is 0 Å². The number of fused-ring (bicyclic) bond motifs is 11. The fraction of sp³-hybridized carbons (Fsp3) is 0.0526. The predicted octanol–water partition coefficient (Wildman–Crippen LogP) is 9.72. The second kappa shape index (κ2) is 7.74. The normalized spacial score (nSPS) is 19.9. The van der Waals surface area contributed by atoms with Crippen LogP contribution >= 0.6 is 0 Å². The molecule has 0 saturated heterocycles. The van der Waals surface area contributed by atoms with E-state index in [0.717, 1.165) is 33.3 Å². The van der Waals surface area contributed by atoms with E-state index in [-0.39, 0.29) is 0 Å². The molecule has 1 N–H and O–H groups in total. The minimum atomic E-state index is -0.458. The van der Waals surface area contributed by atoms with Crippen molar-refractivity contribution >= 4 is 50.9 Å². The summed E-state index contributed by atoms with van der Waals surface area (Å²) in [6, 6.07) is 30.1. The lowest BCUT2D eigenvalue weighted by atomic mass is 9.63. The molecule has 5 aromatic rings. The van der Waals surface area contributed by atoms with Crippen molar-refractivity contribution in [3.63, 3.8) is 0 Å². The van der Waals surface area contributed by atoms with Crippen molar-refractivity contribution in [1.29, 1.82) is 0 Å². The first-order valence-electron chi connectivity index (χ1n) is 13.9. The van der Waals surface area contributed by atoms with Gasteiger partial charge in [0, 0.05) is 11.1 Å². The summed E-state index contributed by atoms with van der Waals surface area (Å²) in [5, 5.41) is 6.26. The summed E-state index contributed by atoms with van der Waals surface area (Å²) in [5.74, 6) is 0. The molecule has 2 heteroatoms. The van der Waals surface area contributed by atoms with E-state index in [1.165, 1.54) is 50.1 Å². The Labute approximate surface area is 232 Å². The third kappa shape index (κ3) is 2.73. The summed E-state index contributed by atoms with van der Waals surface area (Å²) in [6.45, 7) is 2.18. The lowest BCUT2D eigenvalue weighted by molar-refractivity contribution is 0.669. The maximum Gasteiger partial charge on any atom is 0.137 e. The van der Waals surface area contributed by atoms with E-state index < -0.39 is 5.41 Å². The van der Waals surface area contributed by atoms with Crippen LogP contribution in [0, 0.1) is 12.3 Å². The maximum atomic E-state index is 6.28. The van der Waals surface area contributed by atoms with Gasteiger partial charge in [-0.25, -0.2) is 0 Å². The third-order valence-electron chi connectivity index (χ3n) is 8.99. The van der Waals surface area contributed by atoms with Gasteiger partial charge in [0.05, 0.1) is 16.5 Å². The Morgan fingerprint density at radius 1 is 0.650 bits per heavy atom. The van der Waals surface area contributed by atoms with Crippen molar-refractivity contribution in [1.82, 2.24) is 0 Å². The molecule has 1 unspecified atom stereocenters. The van der Waals surface area contributed by atoms with E-state index in [9.17, 15) is 0 Å². The Bertz CT molecular complexity index is 2120. The Morgan fingerprint density at radius 3 is 2.10 bits per heavy atom. The van der Waals surface area contributed by atoms with Crippen LogP contribution in [0.4, 0.5) is 5.69 Å². The number of hydrogen-bond donors (Lipinski definition) is 1. The third-order valence-corrected chi connectivity index (χ3v) is 8.99. The summed E-state index contributed by atoms with van der Waals surface area (Å²) < 4.78 is 6.28. The van der Waals surface area contributed by atoms with Gasteiger partial charge >= 0.3 is 0 Å². The Kier molecular flexibility index (Phi) is 4.22. The second-order valence-corrected chi connectivity index (χ2v) is 11.1. The van der Waals surface area contributed by atoms with Gasteiger partial charge in [0.2, 0.25) is 0 Å². The molecule has 4 aliphatic carbocycles. The molecular weight excluding hydrogens is 486 g/mol. The standard InChI is InChI=1S/C38H25NO/c1-23-16-18-34-36(30-13-6-7-15-33(30)40-34)37(23)39-35-19-17-29-27-12-5-3-10-25(27)22-32(29)38(35)20-8-14-28-26-11-4-2-9-24(26)21-31(28)38/h2-22,39H,1H3. The lowest BCUT2D eigenvalue weighted by Crippen LogP contribution is -2.33. The molecule has 1 heterocycles. The predicted molar refractivity (Wildman–Crippen MR) is 167 cm³/mol. The van der Waals surface area contributed by atoms with Crippen molar-refractivity contribution in [2.24, 2.45) is 5.41 Å². The van der Waals surface area contributed by atoms with Gasteiger partial charge in [0.25, 0.3) is 0 Å². The molecule has 188 valence electrons. The smallest absolute Gasteiger partial charge is 0.137 e. The van der Waals surface area contributed by atoms with Crippen molar-refractivity contribution < 1.29 is 4.42 Å². The number of para-hydroxylation sites is 1. The van der Waals surface area contributed by atoms with Gasteiger partial charge < -0.3 is 9.73 Å². The zero-order valence-electron chi connectivity index (χ0n) is 22.0. The SMILES string of the molecule is Cc1ccc2oc3ccccc3c2c1NC1=CC=C2C(=Cc3ccccc32)C12C=CC=C1C2=Cc2ccccc21. The van der Waals surface area contributed by atoms with Crippen molar-refractivity contribution in [2.75, 3.05) is 5.32 Å². The van der Waals surface area contributed by atoms with Gasteiger partial charge in [-0.1, -0.05) is 97.1 Å². The molecule has 0 amide bonds. The monoisotopic (exact) mass is 511 g/mol. The second-order valence-electron chi connectivity index (χ2n) is 11.1. The fourth-order valence-corrected chi connectivity index (χ4v) is 7.15. The van der Waals surface area contributed by atoms with Gasteiger partial charge in [-0.3, -0.25) is 0 Å². The molecule has 0 fully saturated rings. The van der Waals surface area contributed by atoms with Crippen molar-refractivity contribution in [2.45, 2.75) is 6.92 Å². The van der Waals surface area contributed by atoms with Crippen molar-refractivity contribution in [3.8, 4) is 0 Å². The molecule has 0 bridgehead atoms. The highest BCUT2D eigenvalue weighted by molar-refractivity contribution is 6.13. The van der Waals surface area contributed by atoms with E-state index in [2.05, 4.69) is 128 Å². The number of hydrogen-bond acceptors (Lipinski definition) is 2. The molecule has 40 heavy (non-hydrogen) atoms. The van der Waals surface area contributed by atoms with E-state index >= 15 is 0 Å². The Morgan fingerprint density at radius 2 is 1.32 bits per heavy atom. The number of allylic oxidation sites excluding steroid dienone is 7. The van der Waals surface area contributed by atoms with Gasteiger partial charge in [-0.15, -0.1) is 0 Å². The molecular formula is C38H25NO. The number of rotatable bonds is 2. The van der Waals surface area contributed by atoms with E-state index in [1.54, 1.807) is 0 Å². The van der Waals surface area contributed by atoms with Crippen molar-refractivity contribution in [3.05, 3.63) is 160 Å². The number of anilines is 1. The van der Waals surface area contributed by atoms with Crippen LogP contribution in [-0.2, 0) is 0 Å². The lowest BCUT2D eigenvalue weighted by Gasteiger charge is -2.42. The van der Waals surface area contributed by atoms with Crippen LogP contribution in [0.1, 0.15) is 27.8 Å². The molecule has 1 aromatic heterocycles. The number of benzene rings is 4. The Balaban J connectivity index is 1.30. The quantitative estimate of drug-likeness (QED) is 0.255. The summed E-state index contributed by atoms with van der Waals surface area (Å²) in [5.41, 5.74) is 15.2. The minimum absolute atomic E-state index is 0.458. The fourth-order valence-electron chi connectivity index (χ4n) is 7.15. The van der Waals surface area contributed by atoms with Crippen LogP contribution in [0.3, 0.4) is 0 Å². The molecule has 9 rings (SSSR count). The molecule has 1 spiro atoms. The average molecular weight is 512 g/mol. The van der Waals surface area contributed by atoms with Crippen LogP contribution in [0.15, 0.2) is 137 Å². The summed E-state index contributed by atoms with van der Waals surface area (Å²) >= 11 is 0. The molecule has 0 saturated carbocycles. The largest absolute Gasteiger partial charge is 0.456 e. The van der Waals surface area contributed by atoms with Gasteiger partial charge in [-0.2, -0.15) is 0 Å². The van der Waals surface area contributed by atoms with Crippen LogP contribution in [0.5, 0.6) is 0 Å². The highest BCUT2D eigenvalue weighted by Gasteiger charge is 2.48. The summed E-state index contributed by atoms with van der Waals surface area (Å²) in [6.07, 6.45) is 16.3. The highest BCUT2D eigenvalue weighted by Crippen LogP contribution is 2.61. The summed E-state index contributed by atoms with van der Waals surface area (Å²) in [7, 11) is 0. The molecule has 4 aromatic carbocycles. The van der Waals surface area contributed by atoms with Gasteiger partial charge in [0.15, 0.2) is 0 Å². The number of aryl methyl sites for hydroxylation is 1. The Hall–Kier alpha value is -5.08. The first-order chi connectivity index (χ1) is 19.7. The van der Waals surface area contributed by atoms with Crippen LogP contribution in [0.25, 0.3) is 45.2 Å². The van der Waals surface area contributed by atoms with E-state index in [4.69, 9.17) is 4.42 Å². The van der Waals surface area contributed by atoms with Crippen LogP contribution < -0.4 is 5.32 Å². The number of furan rings is 1. The first-order valence-corrected chi connectivity index (χ1v) is 13.9.